The summed E-state index contributed by atoms with van der Waals surface area (Å²) >= 11 is 0. The number of rotatable bonds is 3. The van der Waals surface area contributed by atoms with Crippen LogP contribution >= 0.6 is 0 Å². The molecule has 3 atom stereocenters. The van der Waals surface area contributed by atoms with E-state index in [1.54, 1.807) is 0 Å². The summed E-state index contributed by atoms with van der Waals surface area (Å²) in [4.78, 5) is 0. The predicted octanol–water partition coefficient (Wildman–Crippen LogP) is 2.63. The molecular formula is C13H23N3. The van der Waals surface area contributed by atoms with Crippen molar-refractivity contribution in [2.45, 2.75) is 52.6 Å². The third-order valence-electron chi connectivity index (χ3n) is 3.92. The molecule has 0 radical (unpaired) electrons. The molecule has 1 aliphatic rings. The quantitative estimate of drug-likeness (QED) is 0.823. The maximum atomic E-state index is 4.05. The van der Waals surface area contributed by atoms with Gasteiger partial charge in [0.05, 0.1) is 6.20 Å². The second kappa shape index (κ2) is 5.00. The fourth-order valence-corrected chi connectivity index (χ4v) is 2.76. The molecule has 90 valence electrons. The van der Waals surface area contributed by atoms with Gasteiger partial charge in [0.1, 0.15) is 0 Å². The summed E-state index contributed by atoms with van der Waals surface area (Å²) in [6.07, 6.45) is 5.98. The van der Waals surface area contributed by atoms with Gasteiger partial charge in [0.2, 0.25) is 0 Å². The van der Waals surface area contributed by atoms with Crippen molar-refractivity contribution in [2.24, 2.45) is 11.8 Å². The molecule has 1 fully saturated rings. The van der Waals surface area contributed by atoms with Gasteiger partial charge in [-0.3, -0.25) is 5.10 Å². The molecule has 0 aromatic carbocycles. The Morgan fingerprint density at radius 1 is 1.44 bits per heavy atom. The third-order valence-corrected chi connectivity index (χ3v) is 3.92. The van der Waals surface area contributed by atoms with Gasteiger partial charge in [0.15, 0.2) is 0 Å². The van der Waals surface area contributed by atoms with Crippen molar-refractivity contribution in [1.82, 2.24) is 15.5 Å². The first kappa shape index (κ1) is 11.6. The zero-order chi connectivity index (χ0) is 11.5. The van der Waals surface area contributed by atoms with E-state index < -0.39 is 0 Å². The Hall–Kier alpha value is -0.830. The van der Waals surface area contributed by atoms with Crippen molar-refractivity contribution in [3.63, 3.8) is 0 Å². The van der Waals surface area contributed by atoms with Crippen molar-refractivity contribution in [2.75, 3.05) is 0 Å². The van der Waals surface area contributed by atoms with Crippen LogP contribution in [0.25, 0.3) is 0 Å². The van der Waals surface area contributed by atoms with Gasteiger partial charge in [-0.15, -0.1) is 0 Å². The summed E-state index contributed by atoms with van der Waals surface area (Å²) in [5.74, 6) is 1.71. The fourth-order valence-electron chi connectivity index (χ4n) is 2.76. The minimum absolute atomic E-state index is 0.686. The normalized spacial score (nSPS) is 30.6. The van der Waals surface area contributed by atoms with E-state index in [1.165, 1.54) is 30.5 Å². The first-order chi connectivity index (χ1) is 7.66. The molecule has 3 heteroatoms. The lowest BCUT2D eigenvalue weighted by Gasteiger charge is -2.33. The summed E-state index contributed by atoms with van der Waals surface area (Å²) in [5, 5.41) is 10.7. The van der Waals surface area contributed by atoms with Gasteiger partial charge in [-0.2, -0.15) is 5.10 Å². The Labute approximate surface area is 98.0 Å². The number of hydrogen-bond acceptors (Lipinski definition) is 2. The van der Waals surface area contributed by atoms with E-state index in [9.17, 15) is 0 Å². The minimum Gasteiger partial charge on any atom is -0.310 e. The second-order valence-corrected chi connectivity index (χ2v) is 5.40. The fraction of sp³-hybridized carbons (Fsp3) is 0.769. The number of aromatic amines is 1. The van der Waals surface area contributed by atoms with Crippen LogP contribution in [0.4, 0.5) is 0 Å². The first-order valence-electron chi connectivity index (χ1n) is 6.39. The van der Waals surface area contributed by atoms with Gasteiger partial charge >= 0.3 is 0 Å². The number of hydrogen-bond donors (Lipinski definition) is 2. The number of nitrogens with zero attached hydrogens (tertiary/aromatic N) is 1. The average molecular weight is 221 g/mol. The highest BCUT2D eigenvalue weighted by molar-refractivity contribution is 5.14. The van der Waals surface area contributed by atoms with Gasteiger partial charge in [0, 0.05) is 23.8 Å². The summed E-state index contributed by atoms with van der Waals surface area (Å²) in [6, 6.07) is 0.686. The molecule has 2 rings (SSSR count). The van der Waals surface area contributed by atoms with Gasteiger partial charge in [0.25, 0.3) is 0 Å². The van der Waals surface area contributed by atoms with Gasteiger partial charge in [-0.05, 0) is 38.0 Å². The molecule has 0 amide bonds. The van der Waals surface area contributed by atoms with Crippen LogP contribution < -0.4 is 5.32 Å². The van der Waals surface area contributed by atoms with Crippen LogP contribution in [0.2, 0.25) is 0 Å². The average Bonchev–Trinajstić information content (AvgIpc) is 2.63. The molecule has 1 aromatic rings. The number of aromatic nitrogens is 2. The highest BCUT2D eigenvalue weighted by Gasteiger charge is 2.24. The zero-order valence-electron chi connectivity index (χ0n) is 10.6. The number of H-pyrrole nitrogens is 1. The molecule has 2 N–H and O–H groups in total. The highest BCUT2D eigenvalue weighted by Crippen LogP contribution is 2.28. The van der Waals surface area contributed by atoms with Crippen molar-refractivity contribution in [1.29, 1.82) is 0 Å². The van der Waals surface area contributed by atoms with E-state index >= 15 is 0 Å². The van der Waals surface area contributed by atoms with E-state index in [0.717, 1.165) is 18.4 Å². The summed E-state index contributed by atoms with van der Waals surface area (Å²) in [6.45, 7) is 7.77. The van der Waals surface area contributed by atoms with E-state index in [1.807, 2.05) is 6.20 Å². The maximum absolute atomic E-state index is 4.05. The molecule has 0 spiro atoms. The van der Waals surface area contributed by atoms with Gasteiger partial charge in [-0.25, -0.2) is 0 Å². The van der Waals surface area contributed by atoms with Crippen LogP contribution in [0.3, 0.4) is 0 Å². The molecule has 3 nitrogen and oxygen atoms in total. The maximum Gasteiger partial charge on any atom is 0.0535 e. The number of nitrogens with one attached hydrogen (secondary N) is 2. The molecular weight excluding hydrogens is 198 g/mol. The number of aryl methyl sites for hydroxylation is 1. The Morgan fingerprint density at radius 3 is 2.88 bits per heavy atom. The van der Waals surface area contributed by atoms with Gasteiger partial charge < -0.3 is 5.32 Å². The highest BCUT2D eigenvalue weighted by atomic mass is 15.1. The zero-order valence-corrected chi connectivity index (χ0v) is 10.6. The van der Waals surface area contributed by atoms with Crippen LogP contribution in [0.1, 0.15) is 44.4 Å². The van der Waals surface area contributed by atoms with E-state index in [2.05, 4.69) is 36.3 Å². The van der Waals surface area contributed by atoms with Crippen molar-refractivity contribution in [3.8, 4) is 0 Å². The molecule has 1 saturated carbocycles. The van der Waals surface area contributed by atoms with Crippen LogP contribution in [0.15, 0.2) is 6.20 Å². The Morgan fingerprint density at radius 2 is 2.25 bits per heavy atom. The van der Waals surface area contributed by atoms with Crippen LogP contribution in [-0.4, -0.2) is 16.2 Å². The van der Waals surface area contributed by atoms with Crippen LogP contribution in [0, 0.1) is 18.8 Å². The molecule has 1 aliphatic carbocycles. The topological polar surface area (TPSA) is 40.7 Å². The largest absolute Gasteiger partial charge is 0.310 e. The SMILES string of the molecule is Cc1[nH]ncc1CNC1CCC(C)CC1C. The summed E-state index contributed by atoms with van der Waals surface area (Å²) in [7, 11) is 0. The smallest absolute Gasteiger partial charge is 0.0535 e. The Balaban J connectivity index is 1.84. The molecule has 1 heterocycles. The first-order valence-corrected chi connectivity index (χ1v) is 6.39. The van der Waals surface area contributed by atoms with Gasteiger partial charge in [-0.1, -0.05) is 13.8 Å². The molecule has 3 unspecified atom stereocenters. The Bertz CT molecular complexity index is 332. The van der Waals surface area contributed by atoms with E-state index in [4.69, 9.17) is 0 Å². The monoisotopic (exact) mass is 221 g/mol. The molecule has 0 saturated heterocycles. The standard InChI is InChI=1S/C13H23N3/c1-9-4-5-13(10(2)6-9)14-7-12-8-15-16-11(12)3/h8-10,13-14H,4-7H2,1-3H3,(H,15,16). The lowest BCUT2D eigenvalue weighted by atomic mass is 9.80. The van der Waals surface area contributed by atoms with Crippen molar-refractivity contribution < 1.29 is 0 Å². The molecule has 0 aliphatic heterocycles. The summed E-state index contributed by atoms with van der Waals surface area (Å²) < 4.78 is 0. The Kier molecular flexibility index (Phi) is 3.64. The van der Waals surface area contributed by atoms with E-state index in [0.29, 0.717) is 6.04 Å². The molecule has 1 aromatic heterocycles. The predicted molar refractivity (Wildman–Crippen MR) is 66.1 cm³/mol. The molecule has 16 heavy (non-hydrogen) atoms. The minimum atomic E-state index is 0.686. The lowest BCUT2D eigenvalue weighted by molar-refractivity contribution is 0.227. The summed E-state index contributed by atoms with van der Waals surface area (Å²) in [5.41, 5.74) is 2.48. The van der Waals surface area contributed by atoms with Crippen LogP contribution in [0.5, 0.6) is 0 Å². The van der Waals surface area contributed by atoms with Crippen molar-refractivity contribution >= 4 is 0 Å². The third kappa shape index (κ3) is 2.64. The molecule has 0 bridgehead atoms. The second-order valence-electron chi connectivity index (χ2n) is 5.40. The van der Waals surface area contributed by atoms with Crippen LogP contribution in [-0.2, 0) is 6.54 Å². The van der Waals surface area contributed by atoms with E-state index in [-0.39, 0.29) is 0 Å². The van der Waals surface area contributed by atoms with Crippen molar-refractivity contribution in [3.05, 3.63) is 17.5 Å². The lowest BCUT2D eigenvalue weighted by Crippen LogP contribution is -2.38.